The van der Waals surface area contributed by atoms with Gasteiger partial charge in [0.1, 0.15) is 0 Å². The van der Waals surface area contributed by atoms with E-state index in [0.717, 1.165) is 44.9 Å². The summed E-state index contributed by atoms with van der Waals surface area (Å²) in [6.07, 6.45) is 39.7. The average molecular weight is 574 g/mol. The second kappa shape index (κ2) is 31.3. The standard InChI is InChI=1S/C37H67NO3/c1-4-6-8-10-12-13-14-15-16-17-18-19-21-23-28-32-37(41)38-35(33-39)36(40)31-27-24-26-30-34(3)29-25-22-20-11-9-7-5-2/h12-13,15-16,27,30-31,35-36,39-40H,4-11,14,17-26,28-29,32-33H2,1-3H3,(H,38,41). The highest BCUT2D eigenvalue weighted by molar-refractivity contribution is 5.76. The molecule has 0 spiro atoms. The molecule has 2 unspecified atom stereocenters. The van der Waals surface area contributed by atoms with Crippen LogP contribution in [0.3, 0.4) is 0 Å². The molecule has 0 bridgehead atoms. The summed E-state index contributed by atoms with van der Waals surface area (Å²) in [5, 5.41) is 22.9. The summed E-state index contributed by atoms with van der Waals surface area (Å²) in [6, 6.07) is -0.647. The highest BCUT2D eigenvalue weighted by Gasteiger charge is 2.17. The number of aliphatic hydroxyl groups excluding tert-OH is 2. The molecule has 4 nitrogen and oxygen atoms in total. The highest BCUT2D eigenvalue weighted by Crippen LogP contribution is 2.13. The lowest BCUT2D eigenvalue weighted by Crippen LogP contribution is -2.45. The molecule has 0 saturated carbocycles. The summed E-state index contributed by atoms with van der Waals surface area (Å²) >= 11 is 0. The van der Waals surface area contributed by atoms with Crippen LogP contribution < -0.4 is 5.32 Å². The maximum absolute atomic E-state index is 12.3. The van der Waals surface area contributed by atoms with Crippen molar-refractivity contribution in [1.29, 1.82) is 0 Å². The quantitative estimate of drug-likeness (QED) is 0.0616. The zero-order chi connectivity index (χ0) is 30.2. The maximum Gasteiger partial charge on any atom is 0.220 e. The van der Waals surface area contributed by atoms with Crippen molar-refractivity contribution < 1.29 is 15.0 Å². The maximum atomic E-state index is 12.3. The van der Waals surface area contributed by atoms with Crippen LogP contribution in [-0.2, 0) is 4.79 Å². The van der Waals surface area contributed by atoms with Crippen molar-refractivity contribution in [3.8, 4) is 0 Å². The Morgan fingerprint density at radius 2 is 1.20 bits per heavy atom. The van der Waals surface area contributed by atoms with E-state index in [1.807, 2.05) is 6.08 Å². The van der Waals surface area contributed by atoms with Crippen LogP contribution in [0, 0.1) is 0 Å². The van der Waals surface area contributed by atoms with E-state index in [2.05, 4.69) is 56.5 Å². The molecule has 0 aromatic rings. The van der Waals surface area contributed by atoms with Crippen molar-refractivity contribution >= 4 is 5.91 Å². The van der Waals surface area contributed by atoms with Crippen LogP contribution in [0.25, 0.3) is 0 Å². The monoisotopic (exact) mass is 574 g/mol. The van der Waals surface area contributed by atoms with Crippen LogP contribution in [0.4, 0.5) is 0 Å². The minimum atomic E-state index is -0.869. The smallest absolute Gasteiger partial charge is 0.220 e. The van der Waals surface area contributed by atoms with Gasteiger partial charge in [0.25, 0.3) is 0 Å². The Balaban J connectivity index is 3.85. The van der Waals surface area contributed by atoms with Gasteiger partial charge in [-0.25, -0.2) is 0 Å². The highest BCUT2D eigenvalue weighted by atomic mass is 16.3. The van der Waals surface area contributed by atoms with Crippen molar-refractivity contribution in [3.63, 3.8) is 0 Å². The number of aliphatic hydroxyl groups is 2. The predicted octanol–water partition coefficient (Wildman–Crippen LogP) is 10.1. The summed E-state index contributed by atoms with van der Waals surface area (Å²) in [5.41, 5.74) is 1.45. The molecule has 238 valence electrons. The predicted molar refractivity (Wildman–Crippen MR) is 179 cm³/mol. The molecule has 0 fully saturated rings. The van der Waals surface area contributed by atoms with Crippen LogP contribution in [0.5, 0.6) is 0 Å². The van der Waals surface area contributed by atoms with Crippen LogP contribution >= 0.6 is 0 Å². The second-order valence-corrected chi connectivity index (χ2v) is 11.8. The van der Waals surface area contributed by atoms with E-state index in [9.17, 15) is 15.0 Å². The van der Waals surface area contributed by atoms with E-state index >= 15 is 0 Å². The number of carbonyl (C=O) groups excluding carboxylic acids is 1. The first-order chi connectivity index (χ1) is 20.0. The van der Waals surface area contributed by atoms with E-state index in [1.165, 1.54) is 95.5 Å². The van der Waals surface area contributed by atoms with E-state index in [4.69, 9.17) is 0 Å². The molecule has 41 heavy (non-hydrogen) atoms. The molecule has 0 radical (unpaired) electrons. The van der Waals surface area contributed by atoms with Gasteiger partial charge in [-0.1, -0.05) is 133 Å². The van der Waals surface area contributed by atoms with Gasteiger partial charge < -0.3 is 15.5 Å². The number of unbranched alkanes of at least 4 members (excludes halogenated alkanes) is 15. The van der Waals surface area contributed by atoms with Gasteiger partial charge in [0.15, 0.2) is 0 Å². The number of carbonyl (C=O) groups is 1. The summed E-state index contributed by atoms with van der Waals surface area (Å²) < 4.78 is 0. The Hall–Kier alpha value is -1.65. The fraction of sp³-hybridized carbons (Fsp3) is 0.757. The third kappa shape index (κ3) is 28.3. The van der Waals surface area contributed by atoms with Gasteiger partial charge in [-0.15, -0.1) is 0 Å². The molecule has 0 rings (SSSR count). The number of nitrogens with one attached hydrogen (secondary N) is 1. The first-order valence-electron chi connectivity index (χ1n) is 17.3. The molecule has 0 aliphatic heterocycles. The van der Waals surface area contributed by atoms with Crippen molar-refractivity contribution in [1.82, 2.24) is 5.32 Å². The minimum Gasteiger partial charge on any atom is -0.394 e. The van der Waals surface area contributed by atoms with E-state index in [1.54, 1.807) is 6.08 Å². The Kier molecular flexibility index (Phi) is 30.0. The van der Waals surface area contributed by atoms with E-state index < -0.39 is 12.1 Å². The molecule has 0 aromatic heterocycles. The Morgan fingerprint density at radius 3 is 1.83 bits per heavy atom. The lowest BCUT2D eigenvalue weighted by atomic mass is 10.0. The minimum absolute atomic E-state index is 0.0916. The Labute approximate surface area is 254 Å². The molecule has 0 heterocycles. The van der Waals surface area contributed by atoms with Crippen LogP contribution in [0.15, 0.2) is 48.1 Å². The summed E-state index contributed by atoms with van der Waals surface area (Å²) in [4.78, 5) is 12.3. The normalized spacial score (nSPS) is 14.0. The topological polar surface area (TPSA) is 69.6 Å². The Morgan fingerprint density at radius 1 is 0.659 bits per heavy atom. The van der Waals surface area contributed by atoms with Crippen molar-refractivity contribution in [2.24, 2.45) is 0 Å². The first-order valence-corrected chi connectivity index (χ1v) is 17.3. The van der Waals surface area contributed by atoms with Crippen LogP contribution in [0.2, 0.25) is 0 Å². The molecule has 4 heteroatoms. The van der Waals surface area contributed by atoms with Gasteiger partial charge in [0.05, 0.1) is 18.8 Å². The molecular weight excluding hydrogens is 506 g/mol. The fourth-order valence-electron chi connectivity index (χ4n) is 4.87. The molecule has 0 aliphatic rings. The molecule has 3 N–H and O–H groups in total. The number of hydrogen-bond acceptors (Lipinski definition) is 3. The van der Waals surface area contributed by atoms with Gasteiger partial charge in [0, 0.05) is 6.42 Å². The third-order valence-corrected chi connectivity index (χ3v) is 7.64. The van der Waals surface area contributed by atoms with Gasteiger partial charge >= 0.3 is 0 Å². The lowest BCUT2D eigenvalue weighted by Gasteiger charge is -2.19. The number of amides is 1. The van der Waals surface area contributed by atoms with Crippen molar-refractivity contribution in [2.75, 3.05) is 6.61 Å². The van der Waals surface area contributed by atoms with Crippen LogP contribution in [-0.4, -0.2) is 34.9 Å². The van der Waals surface area contributed by atoms with Crippen LogP contribution in [0.1, 0.15) is 162 Å². The van der Waals surface area contributed by atoms with Gasteiger partial charge in [-0.05, 0) is 71.1 Å². The first kappa shape index (κ1) is 39.4. The van der Waals surface area contributed by atoms with Gasteiger partial charge in [-0.2, -0.15) is 0 Å². The summed E-state index contributed by atoms with van der Waals surface area (Å²) in [6.45, 7) is 6.44. The van der Waals surface area contributed by atoms with Crippen molar-refractivity contribution in [3.05, 3.63) is 48.1 Å². The van der Waals surface area contributed by atoms with Gasteiger partial charge in [0.2, 0.25) is 5.91 Å². The van der Waals surface area contributed by atoms with E-state index in [0.29, 0.717) is 6.42 Å². The number of rotatable bonds is 29. The SMILES string of the molecule is CCCCCC=CCC=CCCCCCCCC(=O)NC(CO)C(O)C=CCCC=C(C)CCCCCCCCC. The third-order valence-electron chi connectivity index (χ3n) is 7.64. The zero-order valence-electron chi connectivity index (χ0n) is 27.3. The molecule has 1 amide bonds. The largest absolute Gasteiger partial charge is 0.394 e. The number of allylic oxidation sites excluding steroid dienone is 7. The number of hydrogen-bond donors (Lipinski definition) is 3. The Bertz CT molecular complexity index is 694. The fourth-order valence-corrected chi connectivity index (χ4v) is 4.87. The molecule has 0 aliphatic carbocycles. The zero-order valence-corrected chi connectivity index (χ0v) is 27.3. The summed E-state index contributed by atoms with van der Waals surface area (Å²) in [5.74, 6) is -0.0916. The molecule has 2 atom stereocenters. The van der Waals surface area contributed by atoms with Gasteiger partial charge in [-0.3, -0.25) is 4.79 Å². The lowest BCUT2D eigenvalue weighted by molar-refractivity contribution is -0.123. The molecule has 0 aromatic carbocycles. The van der Waals surface area contributed by atoms with Crippen molar-refractivity contribution in [2.45, 2.75) is 174 Å². The molecule has 0 saturated heterocycles. The van der Waals surface area contributed by atoms with E-state index in [-0.39, 0.29) is 12.5 Å². The summed E-state index contributed by atoms with van der Waals surface area (Å²) in [7, 11) is 0. The average Bonchev–Trinajstić information content (AvgIpc) is 2.97. The molecular formula is C37H67NO3. The second-order valence-electron chi connectivity index (χ2n) is 11.8.